The Balaban J connectivity index is 2.35. The van der Waals surface area contributed by atoms with Crippen molar-refractivity contribution in [1.82, 2.24) is 4.98 Å². The van der Waals surface area contributed by atoms with Crippen molar-refractivity contribution in [2.45, 2.75) is 4.90 Å². The zero-order valence-corrected chi connectivity index (χ0v) is 12.6. The van der Waals surface area contributed by atoms with Gasteiger partial charge < -0.3 is 4.74 Å². The van der Waals surface area contributed by atoms with Crippen molar-refractivity contribution in [3.05, 3.63) is 46.6 Å². The Bertz CT molecular complexity index is 735. The zero-order chi connectivity index (χ0) is 14.8. The van der Waals surface area contributed by atoms with Gasteiger partial charge in [-0.3, -0.25) is 4.72 Å². The summed E-state index contributed by atoms with van der Waals surface area (Å²) < 4.78 is 31.8. The number of ether oxygens (including phenoxy) is 1. The first-order valence-electron chi connectivity index (χ1n) is 5.40. The number of methoxy groups -OCH3 is 1. The van der Waals surface area contributed by atoms with Crippen LogP contribution >= 0.6 is 23.2 Å². The van der Waals surface area contributed by atoms with Crippen LogP contribution in [0, 0.1) is 0 Å². The van der Waals surface area contributed by atoms with Crippen LogP contribution in [0.15, 0.2) is 41.4 Å². The lowest BCUT2D eigenvalue weighted by atomic mass is 10.4. The number of hydrogen-bond donors (Lipinski definition) is 1. The number of nitrogens with one attached hydrogen (secondary N) is 1. The summed E-state index contributed by atoms with van der Waals surface area (Å²) in [6, 6.07) is 7.12. The molecule has 1 heterocycles. The first-order chi connectivity index (χ1) is 9.42. The third-order valence-corrected chi connectivity index (χ3v) is 4.48. The van der Waals surface area contributed by atoms with Crippen molar-refractivity contribution in [3.8, 4) is 5.88 Å². The smallest absolute Gasteiger partial charge is 0.263 e. The molecule has 0 radical (unpaired) electrons. The lowest BCUT2D eigenvalue weighted by molar-refractivity contribution is 0.398. The average Bonchev–Trinajstić information content (AvgIpc) is 2.37. The number of nitrogens with zero attached hydrogens (tertiary/aromatic N) is 1. The van der Waals surface area contributed by atoms with Crippen LogP contribution in [0.3, 0.4) is 0 Å². The summed E-state index contributed by atoms with van der Waals surface area (Å²) in [5.41, 5.74) is 0.322. The van der Waals surface area contributed by atoms with Gasteiger partial charge in [-0.25, -0.2) is 13.4 Å². The molecule has 2 rings (SSSR count). The minimum atomic E-state index is -3.81. The van der Waals surface area contributed by atoms with E-state index in [4.69, 9.17) is 27.9 Å². The summed E-state index contributed by atoms with van der Waals surface area (Å²) in [4.78, 5) is 3.83. The second-order valence-electron chi connectivity index (χ2n) is 3.77. The highest BCUT2D eigenvalue weighted by molar-refractivity contribution is 7.92. The maximum Gasteiger partial charge on any atom is 0.263 e. The van der Waals surface area contributed by atoms with Crippen LogP contribution in [-0.4, -0.2) is 20.5 Å². The van der Waals surface area contributed by atoms with Crippen molar-refractivity contribution < 1.29 is 13.2 Å². The number of sulfonamides is 1. The molecule has 8 heteroatoms. The number of halogens is 2. The third kappa shape index (κ3) is 3.33. The molecule has 5 nitrogen and oxygen atoms in total. The quantitative estimate of drug-likeness (QED) is 0.933. The van der Waals surface area contributed by atoms with Crippen molar-refractivity contribution in [3.63, 3.8) is 0 Å². The van der Waals surface area contributed by atoms with E-state index in [-0.39, 0.29) is 9.92 Å². The number of hydrogen-bond acceptors (Lipinski definition) is 4. The summed E-state index contributed by atoms with van der Waals surface area (Å²) in [5.74, 6) is 0.299. The Morgan fingerprint density at radius 2 is 1.95 bits per heavy atom. The number of benzene rings is 1. The molecule has 0 saturated heterocycles. The maximum atomic E-state index is 12.2. The topological polar surface area (TPSA) is 68.3 Å². The van der Waals surface area contributed by atoms with E-state index >= 15 is 0 Å². The Hall–Kier alpha value is -1.50. The normalized spacial score (nSPS) is 11.2. The van der Waals surface area contributed by atoms with E-state index in [1.165, 1.54) is 43.6 Å². The van der Waals surface area contributed by atoms with Crippen LogP contribution in [0.2, 0.25) is 10.0 Å². The molecule has 0 aliphatic carbocycles. The number of anilines is 1. The summed E-state index contributed by atoms with van der Waals surface area (Å²) in [5, 5.41) is 0.408. The monoisotopic (exact) mass is 332 g/mol. The second kappa shape index (κ2) is 5.87. The molecule has 20 heavy (non-hydrogen) atoms. The predicted molar refractivity (Wildman–Crippen MR) is 78.1 cm³/mol. The number of rotatable bonds is 4. The predicted octanol–water partition coefficient (Wildman–Crippen LogP) is 3.20. The fourth-order valence-electron chi connectivity index (χ4n) is 1.49. The third-order valence-electron chi connectivity index (χ3n) is 2.38. The molecule has 1 aromatic carbocycles. The van der Waals surface area contributed by atoms with Gasteiger partial charge in [-0.15, -0.1) is 0 Å². The molecule has 106 valence electrons. The molecular formula is C12H10Cl2N2O3S. The number of aromatic nitrogens is 1. The summed E-state index contributed by atoms with van der Waals surface area (Å²) >= 11 is 11.6. The lowest BCUT2D eigenvalue weighted by Crippen LogP contribution is -2.13. The Morgan fingerprint density at radius 3 is 2.60 bits per heavy atom. The summed E-state index contributed by atoms with van der Waals surface area (Å²) in [7, 11) is -2.37. The van der Waals surface area contributed by atoms with E-state index in [0.29, 0.717) is 16.6 Å². The van der Waals surface area contributed by atoms with E-state index in [9.17, 15) is 8.42 Å². The zero-order valence-electron chi connectivity index (χ0n) is 10.3. The second-order valence-corrected chi connectivity index (χ2v) is 6.26. The van der Waals surface area contributed by atoms with Crippen molar-refractivity contribution in [1.29, 1.82) is 0 Å². The Kier molecular flexibility index (Phi) is 4.37. The van der Waals surface area contributed by atoms with Crippen LogP contribution in [0.25, 0.3) is 0 Å². The van der Waals surface area contributed by atoms with Crippen LogP contribution in [0.4, 0.5) is 5.69 Å². The van der Waals surface area contributed by atoms with E-state index in [1.807, 2.05) is 0 Å². The summed E-state index contributed by atoms with van der Waals surface area (Å²) in [6.07, 6.45) is 1.43. The molecule has 1 aromatic heterocycles. The average molecular weight is 333 g/mol. The fourth-order valence-corrected chi connectivity index (χ4v) is 3.31. The Labute approximate surface area is 126 Å². The van der Waals surface area contributed by atoms with E-state index in [2.05, 4.69) is 9.71 Å². The molecule has 0 saturated carbocycles. The molecule has 0 aliphatic heterocycles. The lowest BCUT2D eigenvalue weighted by Gasteiger charge is -2.10. The van der Waals surface area contributed by atoms with Gasteiger partial charge in [0.15, 0.2) is 0 Å². The minimum Gasteiger partial charge on any atom is -0.481 e. The largest absolute Gasteiger partial charge is 0.481 e. The molecule has 1 N–H and O–H groups in total. The van der Waals surface area contributed by atoms with Crippen molar-refractivity contribution in [2.24, 2.45) is 0 Å². The molecule has 2 aromatic rings. The van der Waals surface area contributed by atoms with Gasteiger partial charge in [-0.2, -0.15) is 0 Å². The SMILES string of the molecule is COc1cc(NS(=O)(=O)c2ccc(Cl)cc2Cl)ccn1. The van der Waals surface area contributed by atoms with E-state index in [1.54, 1.807) is 0 Å². The van der Waals surface area contributed by atoms with Crippen LogP contribution in [0.5, 0.6) is 5.88 Å². The van der Waals surface area contributed by atoms with Gasteiger partial charge in [0.25, 0.3) is 10.0 Å². The Morgan fingerprint density at radius 1 is 1.20 bits per heavy atom. The molecule has 0 unspecified atom stereocenters. The van der Waals surface area contributed by atoms with Gasteiger partial charge in [0.05, 0.1) is 17.8 Å². The van der Waals surface area contributed by atoms with Gasteiger partial charge in [0.2, 0.25) is 5.88 Å². The van der Waals surface area contributed by atoms with Gasteiger partial charge in [0, 0.05) is 17.3 Å². The molecule has 0 spiro atoms. The van der Waals surface area contributed by atoms with E-state index < -0.39 is 10.0 Å². The highest BCUT2D eigenvalue weighted by Gasteiger charge is 2.18. The number of pyridine rings is 1. The van der Waals surface area contributed by atoms with Crippen molar-refractivity contribution in [2.75, 3.05) is 11.8 Å². The van der Waals surface area contributed by atoms with Crippen LogP contribution in [0.1, 0.15) is 0 Å². The molecule has 0 bridgehead atoms. The molecule has 0 aliphatic rings. The summed E-state index contributed by atoms with van der Waals surface area (Å²) in [6.45, 7) is 0. The van der Waals surface area contributed by atoms with Crippen LogP contribution in [-0.2, 0) is 10.0 Å². The minimum absolute atomic E-state index is 0.0472. The highest BCUT2D eigenvalue weighted by Crippen LogP contribution is 2.27. The fraction of sp³-hybridized carbons (Fsp3) is 0.0833. The van der Waals surface area contributed by atoms with Gasteiger partial charge >= 0.3 is 0 Å². The van der Waals surface area contributed by atoms with E-state index in [0.717, 1.165) is 0 Å². The van der Waals surface area contributed by atoms with Gasteiger partial charge in [0.1, 0.15) is 4.90 Å². The molecule has 0 fully saturated rings. The first kappa shape index (κ1) is 14.9. The molecule has 0 amide bonds. The first-order valence-corrected chi connectivity index (χ1v) is 7.64. The molecule has 0 atom stereocenters. The van der Waals surface area contributed by atoms with Gasteiger partial charge in [-0.05, 0) is 24.3 Å². The molecular weight excluding hydrogens is 323 g/mol. The van der Waals surface area contributed by atoms with Crippen molar-refractivity contribution >= 4 is 38.9 Å². The standard InChI is InChI=1S/C12H10Cl2N2O3S/c1-19-12-7-9(4-5-15-12)16-20(17,18)11-3-2-8(13)6-10(11)14/h2-7H,1H3,(H,15,16). The van der Waals surface area contributed by atoms with Gasteiger partial charge in [-0.1, -0.05) is 23.2 Å². The highest BCUT2D eigenvalue weighted by atomic mass is 35.5. The van der Waals surface area contributed by atoms with Crippen LogP contribution < -0.4 is 9.46 Å². The maximum absolute atomic E-state index is 12.2.